The number of hydrogen-bond acceptors (Lipinski definition) is 4. The van der Waals surface area contributed by atoms with E-state index in [2.05, 4.69) is 0 Å². The topological polar surface area (TPSA) is 83.6 Å². The van der Waals surface area contributed by atoms with Crippen LogP contribution in [0, 0.1) is 5.82 Å². The highest BCUT2D eigenvalue weighted by Gasteiger charge is 2.39. The molecule has 19 heavy (non-hydrogen) atoms. The fourth-order valence-electron chi connectivity index (χ4n) is 2.23. The molecule has 1 fully saturated rings. The number of rotatable bonds is 3. The summed E-state index contributed by atoms with van der Waals surface area (Å²) in [7, 11) is -3.82. The molecule has 7 heteroatoms. The third-order valence-corrected chi connectivity index (χ3v) is 5.24. The number of halogens is 1. The molecular weight excluding hydrogens is 271 g/mol. The Morgan fingerprint density at radius 2 is 2.21 bits per heavy atom. The van der Waals surface area contributed by atoms with Crippen LogP contribution in [0.2, 0.25) is 0 Å². The number of aliphatic hydroxyl groups is 1. The van der Waals surface area contributed by atoms with Crippen molar-refractivity contribution in [1.82, 2.24) is 4.31 Å². The zero-order chi connectivity index (χ0) is 14.3. The number of hydrogen-bond donors (Lipinski definition) is 2. The molecule has 2 rings (SSSR count). The monoisotopic (exact) mass is 288 g/mol. The highest BCUT2D eigenvalue weighted by molar-refractivity contribution is 7.89. The van der Waals surface area contributed by atoms with Crippen molar-refractivity contribution in [2.45, 2.75) is 30.4 Å². The Balaban J connectivity index is 2.44. The Labute approximate surface area is 111 Å². The average molecular weight is 288 g/mol. The van der Waals surface area contributed by atoms with Crippen molar-refractivity contribution in [3.8, 4) is 0 Å². The molecule has 0 aliphatic carbocycles. The zero-order valence-corrected chi connectivity index (χ0v) is 11.5. The highest BCUT2D eigenvalue weighted by Crippen LogP contribution is 2.29. The highest BCUT2D eigenvalue weighted by atomic mass is 32.2. The molecule has 5 nitrogen and oxygen atoms in total. The molecule has 0 radical (unpaired) electrons. The van der Waals surface area contributed by atoms with Crippen molar-refractivity contribution < 1.29 is 17.9 Å². The van der Waals surface area contributed by atoms with E-state index in [4.69, 9.17) is 5.73 Å². The van der Waals surface area contributed by atoms with Crippen molar-refractivity contribution >= 4 is 10.0 Å². The summed E-state index contributed by atoms with van der Waals surface area (Å²) in [6.45, 7) is 1.62. The van der Waals surface area contributed by atoms with Crippen LogP contribution >= 0.6 is 0 Å². The maximum Gasteiger partial charge on any atom is 0.243 e. The first kappa shape index (κ1) is 14.4. The van der Waals surface area contributed by atoms with Crippen molar-refractivity contribution in [3.63, 3.8) is 0 Å². The Bertz CT molecular complexity index is 587. The predicted octanol–water partition coefficient (Wildman–Crippen LogP) is 0.430. The summed E-state index contributed by atoms with van der Waals surface area (Å²) in [5.74, 6) is -0.630. The van der Waals surface area contributed by atoms with Crippen LogP contribution in [0.15, 0.2) is 23.1 Å². The standard InChI is InChI=1S/C12H17FN2O3S/c1-12(16)5-6-15(8-12)19(17,18)11-4-2-3-10(13)9(11)7-14/h2-4,16H,5-8,14H2,1H3. The first-order chi connectivity index (χ1) is 8.78. The van der Waals surface area contributed by atoms with Gasteiger partial charge in [-0.15, -0.1) is 0 Å². The molecular formula is C12H17FN2O3S. The van der Waals surface area contributed by atoms with E-state index in [1.54, 1.807) is 6.92 Å². The molecule has 0 saturated carbocycles. The van der Waals surface area contributed by atoms with Gasteiger partial charge in [-0.3, -0.25) is 0 Å². The van der Waals surface area contributed by atoms with Gasteiger partial charge < -0.3 is 10.8 Å². The second-order valence-corrected chi connectivity index (χ2v) is 6.91. The van der Waals surface area contributed by atoms with E-state index in [0.29, 0.717) is 6.42 Å². The molecule has 1 heterocycles. The van der Waals surface area contributed by atoms with Gasteiger partial charge in [0.25, 0.3) is 0 Å². The second-order valence-electron chi connectivity index (χ2n) is 5.01. The second kappa shape index (κ2) is 4.82. The van der Waals surface area contributed by atoms with E-state index in [-0.39, 0.29) is 30.1 Å². The van der Waals surface area contributed by atoms with E-state index >= 15 is 0 Å². The van der Waals surface area contributed by atoms with Crippen molar-refractivity contribution in [3.05, 3.63) is 29.6 Å². The van der Waals surface area contributed by atoms with Crippen LogP contribution in [-0.4, -0.2) is 36.5 Å². The van der Waals surface area contributed by atoms with Crippen molar-refractivity contribution in [1.29, 1.82) is 0 Å². The van der Waals surface area contributed by atoms with Gasteiger partial charge in [-0.25, -0.2) is 12.8 Å². The predicted molar refractivity (Wildman–Crippen MR) is 68.3 cm³/mol. The molecule has 0 spiro atoms. The molecule has 0 amide bonds. The molecule has 0 aromatic heterocycles. The van der Waals surface area contributed by atoms with Gasteiger partial charge in [-0.1, -0.05) is 6.07 Å². The van der Waals surface area contributed by atoms with Crippen LogP contribution in [0.5, 0.6) is 0 Å². The normalized spacial score (nSPS) is 24.8. The fraction of sp³-hybridized carbons (Fsp3) is 0.500. The minimum Gasteiger partial charge on any atom is -0.389 e. The van der Waals surface area contributed by atoms with Crippen LogP contribution in [0.25, 0.3) is 0 Å². The smallest absolute Gasteiger partial charge is 0.243 e. The lowest BCUT2D eigenvalue weighted by Crippen LogP contribution is -2.34. The van der Waals surface area contributed by atoms with E-state index in [9.17, 15) is 17.9 Å². The van der Waals surface area contributed by atoms with Crippen LogP contribution in [0.1, 0.15) is 18.9 Å². The molecule has 1 saturated heterocycles. The van der Waals surface area contributed by atoms with Crippen LogP contribution in [-0.2, 0) is 16.6 Å². The largest absolute Gasteiger partial charge is 0.389 e. The third-order valence-electron chi connectivity index (χ3n) is 3.31. The summed E-state index contributed by atoms with van der Waals surface area (Å²) in [6, 6.07) is 3.87. The Morgan fingerprint density at radius 1 is 1.53 bits per heavy atom. The van der Waals surface area contributed by atoms with E-state index in [0.717, 1.165) is 0 Å². The summed E-state index contributed by atoms with van der Waals surface area (Å²) in [5, 5.41) is 9.85. The average Bonchev–Trinajstić information content (AvgIpc) is 2.70. The van der Waals surface area contributed by atoms with Gasteiger partial charge in [0.1, 0.15) is 5.82 Å². The molecule has 1 aromatic carbocycles. The lowest BCUT2D eigenvalue weighted by molar-refractivity contribution is 0.0762. The molecule has 1 atom stereocenters. The first-order valence-electron chi connectivity index (χ1n) is 5.98. The molecule has 1 aromatic rings. The van der Waals surface area contributed by atoms with Crippen molar-refractivity contribution in [2.75, 3.05) is 13.1 Å². The van der Waals surface area contributed by atoms with Crippen LogP contribution in [0.3, 0.4) is 0 Å². The minimum absolute atomic E-state index is 0.00978. The van der Waals surface area contributed by atoms with Crippen LogP contribution in [0.4, 0.5) is 4.39 Å². The summed E-state index contributed by atoms with van der Waals surface area (Å²) in [6.07, 6.45) is 0.361. The van der Waals surface area contributed by atoms with Crippen molar-refractivity contribution in [2.24, 2.45) is 5.73 Å². The number of benzene rings is 1. The van der Waals surface area contributed by atoms with Gasteiger partial charge in [-0.05, 0) is 25.5 Å². The third kappa shape index (κ3) is 2.64. The molecule has 0 bridgehead atoms. The van der Waals surface area contributed by atoms with Gasteiger partial charge in [0.2, 0.25) is 10.0 Å². The summed E-state index contributed by atoms with van der Waals surface area (Å²) in [5.41, 5.74) is 4.37. The summed E-state index contributed by atoms with van der Waals surface area (Å²) >= 11 is 0. The Hall–Kier alpha value is -1.02. The summed E-state index contributed by atoms with van der Waals surface area (Å²) < 4.78 is 39.7. The lowest BCUT2D eigenvalue weighted by Gasteiger charge is -2.20. The molecule has 1 aliphatic heterocycles. The molecule has 3 N–H and O–H groups in total. The van der Waals surface area contributed by atoms with Gasteiger partial charge in [-0.2, -0.15) is 4.31 Å². The lowest BCUT2D eigenvalue weighted by atomic mass is 10.1. The number of β-amino-alcohol motifs (C(OH)–C–C–N with tert-alkyl or cyclic N) is 1. The first-order valence-corrected chi connectivity index (χ1v) is 7.42. The molecule has 1 unspecified atom stereocenters. The molecule has 1 aliphatic rings. The quantitative estimate of drug-likeness (QED) is 0.845. The minimum atomic E-state index is -3.82. The molecule has 106 valence electrons. The van der Waals surface area contributed by atoms with Crippen LogP contribution < -0.4 is 5.73 Å². The SMILES string of the molecule is CC1(O)CCN(S(=O)(=O)c2cccc(F)c2CN)C1. The zero-order valence-electron chi connectivity index (χ0n) is 10.6. The maximum absolute atomic E-state index is 13.6. The summed E-state index contributed by atoms with van der Waals surface area (Å²) in [4.78, 5) is -0.118. The number of sulfonamides is 1. The number of nitrogens with zero attached hydrogens (tertiary/aromatic N) is 1. The van der Waals surface area contributed by atoms with Gasteiger partial charge in [0.05, 0.1) is 10.5 Å². The van der Waals surface area contributed by atoms with E-state index in [1.807, 2.05) is 0 Å². The Morgan fingerprint density at radius 3 is 2.74 bits per heavy atom. The van der Waals surface area contributed by atoms with Gasteiger partial charge in [0, 0.05) is 25.2 Å². The van der Waals surface area contributed by atoms with Gasteiger partial charge in [0.15, 0.2) is 0 Å². The Kier molecular flexibility index (Phi) is 3.65. The fourth-order valence-corrected chi connectivity index (χ4v) is 4.03. The number of nitrogens with two attached hydrogens (primary N) is 1. The van der Waals surface area contributed by atoms with E-state index in [1.165, 1.54) is 22.5 Å². The van der Waals surface area contributed by atoms with E-state index < -0.39 is 21.4 Å². The maximum atomic E-state index is 13.6. The van der Waals surface area contributed by atoms with Gasteiger partial charge >= 0.3 is 0 Å².